The molecule has 0 aliphatic carbocycles. The quantitative estimate of drug-likeness (QED) is 0.469. The van der Waals surface area contributed by atoms with Crippen molar-refractivity contribution in [2.75, 3.05) is 7.11 Å². The maximum Gasteiger partial charge on any atom is 0.328 e. The molecule has 29 heavy (non-hydrogen) atoms. The summed E-state index contributed by atoms with van der Waals surface area (Å²) in [4.78, 5) is 27.8. The molecule has 0 spiro atoms. The van der Waals surface area contributed by atoms with E-state index in [0.717, 1.165) is 22.0 Å². The van der Waals surface area contributed by atoms with Crippen LogP contribution in [-0.4, -0.2) is 30.0 Å². The summed E-state index contributed by atoms with van der Waals surface area (Å²) in [6, 6.07) is 15.1. The molecule has 0 saturated heterocycles. The van der Waals surface area contributed by atoms with E-state index in [0.29, 0.717) is 12.3 Å². The van der Waals surface area contributed by atoms with Gasteiger partial charge in [-0.15, -0.1) is 0 Å². The maximum absolute atomic E-state index is 12.4. The monoisotopic (exact) mass is 390 g/mol. The van der Waals surface area contributed by atoms with Crippen LogP contribution >= 0.6 is 0 Å². The second-order valence-electron chi connectivity index (χ2n) is 7.30. The van der Waals surface area contributed by atoms with E-state index in [9.17, 15) is 9.59 Å². The third-order valence-corrected chi connectivity index (χ3v) is 4.93. The zero-order chi connectivity index (χ0) is 20.8. The number of hydrogen-bond donors (Lipinski definition) is 2. The number of hydrogen-bond acceptors (Lipinski definition) is 3. The van der Waals surface area contributed by atoms with Crippen LogP contribution in [-0.2, 0) is 20.7 Å². The third kappa shape index (κ3) is 5.13. The van der Waals surface area contributed by atoms with E-state index in [2.05, 4.69) is 36.3 Å². The third-order valence-electron chi connectivity index (χ3n) is 4.93. The zero-order valence-corrected chi connectivity index (χ0v) is 16.9. The first-order valence-electron chi connectivity index (χ1n) is 9.69. The van der Waals surface area contributed by atoms with Gasteiger partial charge in [-0.05, 0) is 34.8 Å². The van der Waals surface area contributed by atoms with Gasteiger partial charge in [-0.2, -0.15) is 0 Å². The average molecular weight is 390 g/mol. The standard InChI is InChI=1S/C24H26N2O3/c1-16(2)18-11-8-17(9-12-18)10-13-23(27)26-22(24(28)29-3)14-19-15-25-21-7-5-4-6-20(19)21/h4-13,15-16,22,25H,14H2,1-3H3,(H,26,27)/b13-10+/t22-/m1/s1. The molecule has 1 atom stereocenters. The normalized spacial score (nSPS) is 12.4. The number of ether oxygens (including phenoxy) is 1. The Kier molecular flexibility index (Phi) is 6.50. The fourth-order valence-electron chi connectivity index (χ4n) is 3.24. The van der Waals surface area contributed by atoms with Gasteiger partial charge in [0.2, 0.25) is 5.91 Å². The van der Waals surface area contributed by atoms with E-state index in [1.807, 2.05) is 42.6 Å². The Morgan fingerprint density at radius 2 is 1.83 bits per heavy atom. The summed E-state index contributed by atoms with van der Waals surface area (Å²) in [5.74, 6) is -0.354. The number of aromatic nitrogens is 1. The van der Waals surface area contributed by atoms with Gasteiger partial charge < -0.3 is 15.0 Å². The molecule has 0 saturated carbocycles. The molecule has 1 heterocycles. The fourth-order valence-corrected chi connectivity index (χ4v) is 3.24. The van der Waals surface area contributed by atoms with Crippen LogP contribution in [0.1, 0.15) is 36.5 Å². The highest BCUT2D eigenvalue weighted by Crippen LogP contribution is 2.19. The number of carbonyl (C=O) groups excluding carboxylic acids is 2. The number of para-hydroxylation sites is 1. The van der Waals surface area contributed by atoms with E-state index in [4.69, 9.17) is 4.74 Å². The van der Waals surface area contributed by atoms with Crippen molar-refractivity contribution in [2.24, 2.45) is 0 Å². The molecule has 0 bridgehead atoms. The Balaban J connectivity index is 1.69. The lowest BCUT2D eigenvalue weighted by molar-refractivity contribution is -0.144. The van der Waals surface area contributed by atoms with Crippen molar-refractivity contribution < 1.29 is 14.3 Å². The van der Waals surface area contributed by atoms with E-state index in [-0.39, 0.29) is 5.91 Å². The van der Waals surface area contributed by atoms with Crippen molar-refractivity contribution in [2.45, 2.75) is 32.2 Å². The molecule has 150 valence electrons. The molecular formula is C24H26N2O3. The predicted molar refractivity (Wildman–Crippen MR) is 116 cm³/mol. The van der Waals surface area contributed by atoms with Crippen LogP contribution in [0.15, 0.2) is 60.8 Å². The largest absolute Gasteiger partial charge is 0.467 e. The molecule has 0 radical (unpaired) electrons. The van der Waals surface area contributed by atoms with Gasteiger partial charge >= 0.3 is 5.97 Å². The Labute approximate surface area is 170 Å². The topological polar surface area (TPSA) is 71.2 Å². The highest BCUT2D eigenvalue weighted by Gasteiger charge is 2.22. The smallest absolute Gasteiger partial charge is 0.328 e. The van der Waals surface area contributed by atoms with E-state index < -0.39 is 12.0 Å². The van der Waals surface area contributed by atoms with E-state index in [1.54, 1.807) is 6.08 Å². The van der Waals surface area contributed by atoms with Crippen LogP contribution in [0.25, 0.3) is 17.0 Å². The maximum atomic E-state index is 12.4. The van der Waals surface area contributed by atoms with Crippen LogP contribution in [0.3, 0.4) is 0 Å². The number of fused-ring (bicyclic) bond motifs is 1. The second-order valence-corrected chi connectivity index (χ2v) is 7.30. The molecule has 1 amide bonds. The van der Waals surface area contributed by atoms with E-state index in [1.165, 1.54) is 18.7 Å². The second kappa shape index (κ2) is 9.24. The van der Waals surface area contributed by atoms with Crippen LogP contribution in [0.5, 0.6) is 0 Å². The molecule has 5 heteroatoms. The first kappa shape index (κ1) is 20.4. The highest BCUT2D eigenvalue weighted by molar-refractivity contribution is 5.95. The number of nitrogens with one attached hydrogen (secondary N) is 2. The van der Waals surface area contributed by atoms with Gasteiger partial charge in [-0.3, -0.25) is 4.79 Å². The van der Waals surface area contributed by atoms with Crippen molar-refractivity contribution in [1.29, 1.82) is 0 Å². The van der Waals surface area contributed by atoms with Crippen molar-refractivity contribution in [3.63, 3.8) is 0 Å². The Bertz CT molecular complexity index is 1020. The molecule has 2 N–H and O–H groups in total. The number of aromatic amines is 1. The molecular weight excluding hydrogens is 364 g/mol. The Hall–Kier alpha value is -3.34. The summed E-state index contributed by atoms with van der Waals surface area (Å²) in [7, 11) is 1.32. The van der Waals surface area contributed by atoms with Crippen LogP contribution in [0.2, 0.25) is 0 Å². The summed E-state index contributed by atoms with van der Waals surface area (Å²) in [5, 5.41) is 3.78. The zero-order valence-electron chi connectivity index (χ0n) is 16.9. The number of rotatable bonds is 7. The van der Waals surface area contributed by atoms with Crippen molar-refractivity contribution in [1.82, 2.24) is 10.3 Å². The van der Waals surface area contributed by atoms with Crippen LogP contribution < -0.4 is 5.32 Å². The molecule has 0 aliphatic rings. The minimum atomic E-state index is -0.764. The minimum absolute atomic E-state index is 0.340. The lowest BCUT2D eigenvalue weighted by Gasteiger charge is -2.15. The summed E-state index contributed by atoms with van der Waals surface area (Å²) < 4.78 is 4.88. The number of carbonyl (C=O) groups is 2. The molecule has 5 nitrogen and oxygen atoms in total. The van der Waals surface area contributed by atoms with Gasteiger partial charge in [0.15, 0.2) is 0 Å². The van der Waals surface area contributed by atoms with Gasteiger partial charge in [-0.25, -0.2) is 4.79 Å². The van der Waals surface area contributed by atoms with Gasteiger partial charge in [0.1, 0.15) is 6.04 Å². The van der Waals surface area contributed by atoms with Gasteiger partial charge in [0, 0.05) is 29.6 Å². The number of methoxy groups -OCH3 is 1. The number of H-pyrrole nitrogens is 1. The van der Waals surface area contributed by atoms with Crippen molar-refractivity contribution in [3.8, 4) is 0 Å². The summed E-state index contributed by atoms with van der Waals surface area (Å²) >= 11 is 0. The molecule has 0 unspecified atom stereocenters. The fraction of sp³-hybridized carbons (Fsp3) is 0.250. The van der Waals surface area contributed by atoms with Gasteiger partial charge in [0.05, 0.1) is 7.11 Å². The van der Waals surface area contributed by atoms with E-state index >= 15 is 0 Å². The highest BCUT2D eigenvalue weighted by atomic mass is 16.5. The average Bonchev–Trinajstić information content (AvgIpc) is 3.14. The number of amides is 1. The Morgan fingerprint density at radius 3 is 2.52 bits per heavy atom. The summed E-state index contributed by atoms with van der Waals surface area (Å²) in [6.07, 6.45) is 5.38. The van der Waals surface area contributed by atoms with Gasteiger partial charge in [0.25, 0.3) is 0 Å². The number of esters is 1. The molecule has 1 aromatic heterocycles. The van der Waals surface area contributed by atoms with Crippen molar-refractivity contribution in [3.05, 3.63) is 77.5 Å². The number of benzene rings is 2. The summed E-state index contributed by atoms with van der Waals surface area (Å²) in [5.41, 5.74) is 4.11. The minimum Gasteiger partial charge on any atom is -0.467 e. The lowest BCUT2D eigenvalue weighted by atomic mass is 10.0. The molecule has 0 fully saturated rings. The molecule has 3 aromatic rings. The van der Waals surface area contributed by atoms with Crippen molar-refractivity contribution >= 4 is 28.9 Å². The predicted octanol–water partition coefficient (Wildman–Crippen LogP) is 4.21. The van der Waals surface area contributed by atoms with Crippen LogP contribution in [0, 0.1) is 0 Å². The molecule has 3 rings (SSSR count). The molecule has 2 aromatic carbocycles. The first-order valence-corrected chi connectivity index (χ1v) is 9.69. The van der Waals surface area contributed by atoms with Crippen LogP contribution in [0.4, 0.5) is 0 Å². The first-order chi connectivity index (χ1) is 14.0. The van der Waals surface area contributed by atoms with Gasteiger partial charge in [-0.1, -0.05) is 56.3 Å². The summed E-state index contributed by atoms with van der Waals surface area (Å²) in [6.45, 7) is 4.28. The lowest BCUT2D eigenvalue weighted by Crippen LogP contribution is -2.42. The Morgan fingerprint density at radius 1 is 1.10 bits per heavy atom. The molecule has 0 aliphatic heterocycles. The SMILES string of the molecule is COC(=O)[C@@H](Cc1c[nH]c2ccccc12)NC(=O)/C=C/c1ccc(C(C)C)cc1.